The molecule has 96 valence electrons. The first kappa shape index (κ1) is 12.8. The number of carbonyl (C=O) groups is 1. The number of hydrogen-bond acceptors (Lipinski definition) is 4. The fourth-order valence-electron chi connectivity index (χ4n) is 1.81. The van der Waals surface area contributed by atoms with Crippen LogP contribution in [0.4, 0.5) is 5.69 Å². The van der Waals surface area contributed by atoms with Crippen molar-refractivity contribution >= 4 is 23.2 Å². The smallest absolute Gasteiger partial charge is 0.300 e. The van der Waals surface area contributed by atoms with Gasteiger partial charge in [-0.25, -0.2) is 0 Å². The standard InChI is InChI=1S/C11H11ClN2O4/c12-9-3-1-2-8(10(9)14(16)17)11(15)13-4-6-18-7-5-13/h1-3H,4-7H2. The Balaban J connectivity index is 2.35. The van der Waals surface area contributed by atoms with Crippen molar-refractivity contribution in [3.63, 3.8) is 0 Å². The van der Waals surface area contributed by atoms with Crippen LogP contribution in [0.5, 0.6) is 0 Å². The van der Waals surface area contributed by atoms with E-state index < -0.39 is 4.92 Å². The van der Waals surface area contributed by atoms with Crippen LogP contribution < -0.4 is 0 Å². The van der Waals surface area contributed by atoms with E-state index in [1.807, 2.05) is 0 Å². The summed E-state index contributed by atoms with van der Waals surface area (Å²) in [6.45, 7) is 1.76. The highest BCUT2D eigenvalue weighted by atomic mass is 35.5. The topological polar surface area (TPSA) is 72.7 Å². The number of nitro groups is 1. The fraction of sp³-hybridized carbons (Fsp3) is 0.364. The predicted octanol–water partition coefficient (Wildman–Crippen LogP) is 1.72. The molecule has 1 saturated heterocycles. The van der Waals surface area contributed by atoms with Gasteiger partial charge in [-0.2, -0.15) is 0 Å². The van der Waals surface area contributed by atoms with Crippen molar-refractivity contribution in [2.24, 2.45) is 0 Å². The second-order valence-corrected chi connectivity index (χ2v) is 4.20. The average molecular weight is 271 g/mol. The minimum Gasteiger partial charge on any atom is -0.378 e. The lowest BCUT2D eigenvalue weighted by atomic mass is 10.1. The van der Waals surface area contributed by atoms with Gasteiger partial charge < -0.3 is 9.64 Å². The van der Waals surface area contributed by atoms with Crippen molar-refractivity contribution in [1.82, 2.24) is 4.90 Å². The minimum absolute atomic E-state index is 0.0226. The first-order valence-electron chi connectivity index (χ1n) is 5.41. The van der Waals surface area contributed by atoms with Crippen molar-refractivity contribution in [1.29, 1.82) is 0 Å². The molecule has 0 aliphatic carbocycles. The van der Waals surface area contributed by atoms with Crippen LogP contribution in [0.15, 0.2) is 18.2 Å². The van der Waals surface area contributed by atoms with Crippen molar-refractivity contribution in [3.8, 4) is 0 Å². The summed E-state index contributed by atoms with van der Waals surface area (Å²) in [5.41, 5.74) is -0.315. The van der Waals surface area contributed by atoms with E-state index in [1.54, 1.807) is 0 Å². The van der Waals surface area contributed by atoms with Crippen LogP contribution in [-0.4, -0.2) is 42.0 Å². The van der Waals surface area contributed by atoms with Gasteiger partial charge in [0.15, 0.2) is 0 Å². The summed E-state index contributed by atoms with van der Waals surface area (Å²) in [6.07, 6.45) is 0. The van der Waals surface area contributed by atoms with Crippen molar-refractivity contribution in [3.05, 3.63) is 38.9 Å². The number of nitrogens with zero attached hydrogens (tertiary/aromatic N) is 2. The van der Waals surface area contributed by atoms with Crippen molar-refractivity contribution in [2.75, 3.05) is 26.3 Å². The number of ether oxygens (including phenoxy) is 1. The van der Waals surface area contributed by atoms with Gasteiger partial charge in [0.1, 0.15) is 10.6 Å². The molecule has 1 aliphatic rings. The normalized spacial score (nSPS) is 15.5. The molecule has 1 heterocycles. The summed E-state index contributed by atoms with van der Waals surface area (Å²) in [6, 6.07) is 4.35. The molecule has 1 aromatic rings. The quantitative estimate of drug-likeness (QED) is 0.606. The molecule has 1 amide bonds. The largest absolute Gasteiger partial charge is 0.378 e. The Morgan fingerprint density at radius 3 is 2.67 bits per heavy atom. The second kappa shape index (κ2) is 5.32. The zero-order valence-electron chi connectivity index (χ0n) is 9.47. The minimum atomic E-state index is -0.629. The zero-order valence-corrected chi connectivity index (χ0v) is 10.2. The Hall–Kier alpha value is -1.66. The molecule has 2 rings (SSSR count). The number of halogens is 1. The van der Waals surface area contributed by atoms with E-state index in [0.717, 1.165) is 0 Å². The molecule has 7 heteroatoms. The molecule has 0 saturated carbocycles. The summed E-state index contributed by atoms with van der Waals surface area (Å²) >= 11 is 5.77. The van der Waals surface area contributed by atoms with E-state index in [0.29, 0.717) is 26.3 Å². The van der Waals surface area contributed by atoms with Gasteiger partial charge >= 0.3 is 5.69 Å². The van der Waals surface area contributed by atoms with E-state index in [-0.39, 0.29) is 22.2 Å². The van der Waals surface area contributed by atoms with E-state index in [9.17, 15) is 14.9 Å². The number of benzene rings is 1. The number of amides is 1. The molecule has 1 fully saturated rings. The second-order valence-electron chi connectivity index (χ2n) is 3.80. The maximum Gasteiger partial charge on any atom is 0.300 e. The lowest BCUT2D eigenvalue weighted by molar-refractivity contribution is -0.385. The van der Waals surface area contributed by atoms with Gasteiger partial charge in [0.25, 0.3) is 5.91 Å². The van der Waals surface area contributed by atoms with Crippen LogP contribution in [-0.2, 0) is 4.74 Å². The van der Waals surface area contributed by atoms with Gasteiger partial charge in [0.2, 0.25) is 0 Å². The molecule has 1 aromatic carbocycles. The van der Waals surface area contributed by atoms with E-state index in [2.05, 4.69) is 0 Å². The molecule has 0 N–H and O–H groups in total. The summed E-state index contributed by atoms with van der Waals surface area (Å²) in [4.78, 5) is 24.0. The third-order valence-electron chi connectivity index (χ3n) is 2.70. The Labute approximate surface area is 108 Å². The highest BCUT2D eigenvalue weighted by Crippen LogP contribution is 2.29. The number of hydrogen-bond donors (Lipinski definition) is 0. The third-order valence-corrected chi connectivity index (χ3v) is 3.00. The molecule has 0 unspecified atom stereocenters. The number of para-hydroxylation sites is 1. The molecule has 6 nitrogen and oxygen atoms in total. The van der Waals surface area contributed by atoms with Crippen molar-refractivity contribution in [2.45, 2.75) is 0 Å². The molecule has 0 atom stereocenters. The third kappa shape index (κ3) is 2.44. The summed E-state index contributed by atoms with van der Waals surface area (Å²) in [5.74, 6) is -0.382. The lowest BCUT2D eigenvalue weighted by Crippen LogP contribution is -2.40. The van der Waals surface area contributed by atoms with Gasteiger partial charge in [-0.3, -0.25) is 14.9 Å². The highest BCUT2D eigenvalue weighted by molar-refractivity contribution is 6.33. The summed E-state index contributed by atoms with van der Waals surface area (Å²) in [5, 5.41) is 10.9. The Bertz CT molecular complexity index is 486. The first-order chi connectivity index (χ1) is 8.61. The van der Waals surface area contributed by atoms with E-state index in [1.165, 1.54) is 23.1 Å². The molecule has 0 radical (unpaired) electrons. The number of nitro benzene ring substituents is 1. The van der Waals surface area contributed by atoms with Crippen LogP contribution in [0.2, 0.25) is 5.02 Å². The fourth-order valence-corrected chi connectivity index (χ4v) is 2.05. The molecule has 1 aliphatic heterocycles. The lowest BCUT2D eigenvalue weighted by Gasteiger charge is -2.26. The highest BCUT2D eigenvalue weighted by Gasteiger charge is 2.27. The number of morpholine rings is 1. The molecule has 0 spiro atoms. The van der Waals surface area contributed by atoms with Crippen LogP contribution >= 0.6 is 11.6 Å². The van der Waals surface area contributed by atoms with Gasteiger partial charge in [-0.05, 0) is 12.1 Å². The van der Waals surface area contributed by atoms with Gasteiger partial charge in [0, 0.05) is 13.1 Å². The maximum absolute atomic E-state index is 12.2. The van der Waals surface area contributed by atoms with Crippen LogP contribution in [0.1, 0.15) is 10.4 Å². The van der Waals surface area contributed by atoms with Gasteiger partial charge in [0.05, 0.1) is 18.1 Å². The van der Waals surface area contributed by atoms with Crippen LogP contribution in [0.25, 0.3) is 0 Å². The monoisotopic (exact) mass is 270 g/mol. The molecular formula is C11H11ClN2O4. The average Bonchev–Trinajstić information content (AvgIpc) is 2.38. The Morgan fingerprint density at radius 1 is 1.39 bits per heavy atom. The maximum atomic E-state index is 12.2. The first-order valence-corrected chi connectivity index (χ1v) is 5.79. The molecular weight excluding hydrogens is 260 g/mol. The van der Waals surface area contributed by atoms with Gasteiger partial charge in [-0.15, -0.1) is 0 Å². The van der Waals surface area contributed by atoms with Crippen molar-refractivity contribution < 1.29 is 14.5 Å². The van der Waals surface area contributed by atoms with Crippen LogP contribution in [0, 0.1) is 10.1 Å². The molecule has 0 aromatic heterocycles. The number of rotatable bonds is 2. The van der Waals surface area contributed by atoms with E-state index in [4.69, 9.17) is 16.3 Å². The van der Waals surface area contributed by atoms with E-state index >= 15 is 0 Å². The molecule has 18 heavy (non-hydrogen) atoms. The SMILES string of the molecule is O=C(c1cccc(Cl)c1[N+](=O)[O-])N1CCOCC1. The van der Waals surface area contributed by atoms with Crippen LogP contribution in [0.3, 0.4) is 0 Å². The Morgan fingerprint density at radius 2 is 2.06 bits per heavy atom. The summed E-state index contributed by atoms with van der Waals surface area (Å²) in [7, 11) is 0. The summed E-state index contributed by atoms with van der Waals surface area (Å²) < 4.78 is 5.13. The van der Waals surface area contributed by atoms with Gasteiger partial charge in [-0.1, -0.05) is 17.7 Å². The Kier molecular flexibility index (Phi) is 3.78. The predicted molar refractivity (Wildman–Crippen MR) is 64.8 cm³/mol. The molecule has 0 bridgehead atoms. The zero-order chi connectivity index (χ0) is 13.1. The number of carbonyl (C=O) groups excluding carboxylic acids is 1.